The van der Waals surface area contributed by atoms with Crippen molar-refractivity contribution in [2.75, 3.05) is 31.0 Å². The summed E-state index contributed by atoms with van der Waals surface area (Å²) < 4.78 is 59.2. The second-order valence-corrected chi connectivity index (χ2v) is 11.9. The van der Waals surface area contributed by atoms with Crippen molar-refractivity contribution in [3.8, 4) is 17.2 Å². The number of nitrogens with zero attached hydrogens (tertiary/aromatic N) is 1. The molecule has 2 amide bonds. The number of carbonyl (C=O) groups is 2. The molecule has 226 valence electrons. The van der Waals surface area contributed by atoms with Gasteiger partial charge in [0.2, 0.25) is 11.5 Å². The summed E-state index contributed by atoms with van der Waals surface area (Å²) in [6.07, 6.45) is 0.944. The van der Waals surface area contributed by atoms with Crippen molar-refractivity contribution in [3.05, 3.63) is 77.7 Å². The Morgan fingerprint density at radius 2 is 1.72 bits per heavy atom. The molecule has 0 bridgehead atoms. The van der Waals surface area contributed by atoms with E-state index in [9.17, 15) is 18.0 Å². The Labute approximate surface area is 247 Å². The summed E-state index contributed by atoms with van der Waals surface area (Å²) in [6, 6.07) is 12.7. The number of nitrogen functional groups attached to an aromatic ring is 1. The number of pyridine rings is 1. The van der Waals surface area contributed by atoms with Crippen molar-refractivity contribution >= 4 is 43.9 Å². The topological polar surface area (TPSA) is 173 Å². The maximum atomic E-state index is 15.9. The van der Waals surface area contributed by atoms with E-state index in [2.05, 4.69) is 10.3 Å². The Balaban J connectivity index is 2.03. The number of anilines is 2. The van der Waals surface area contributed by atoms with Crippen LogP contribution in [-0.4, -0.2) is 45.2 Å². The van der Waals surface area contributed by atoms with Gasteiger partial charge in [0.15, 0.2) is 21.3 Å². The van der Waals surface area contributed by atoms with Gasteiger partial charge in [0.1, 0.15) is 17.4 Å². The maximum absolute atomic E-state index is 15.9. The van der Waals surface area contributed by atoms with E-state index in [1.54, 1.807) is 18.2 Å². The number of benzene rings is 3. The molecule has 43 heavy (non-hydrogen) atoms. The zero-order valence-corrected chi connectivity index (χ0v) is 24.8. The molecule has 13 heteroatoms. The maximum Gasteiger partial charge on any atom is 0.266 e. The molecule has 0 aliphatic carbocycles. The molecule has 5 N–H and O–H groups in total. The Morgan fingerprint density at radius 3 is 2.35 bits per heavy atom. The van der Waals surface area contributed by atoms with Gasteiger partial charge in [-0.15, -0.1) is 0 Å². The summed E-state index contributed by atoms with van der Waals surface area (Å²) >= 11 is 0. The molecule has 1 unspecified atom stereocenters. The van der Waals surface area contributed by atoms with Crippen LogP contribution in [0, 0.1) is 5.82 Å². The fourth-order valence-corrected chi connectivity index (χ4v) is 5.91. The lowest BCUT2D eigenvalue weighted by atomic mass is 9.85. The molecule has 11 nitrogen and oxygen atoms in total. The minimum Gasteiger partial charge on any atom is -0.493 e. The molecular formula is C30H31FN4O7S. The van der Waals surface area contributed by atoms with Crippen LogP contribution in [0.1, 0.15) is 25.0 Å². The number of nitrogens with one attached hydrogen (secondary N) is 1. The number of primary amides is 1. The first-order valence-corrected chi connectivity index (χ1v) is 14.7. The highest BCUT2D eigenvalue weighted by atomic mass is 32.2. The molecule has 1 heterocycles. The van der Waals surface area contributed by atoms with E-state index < -0.39 is 39.5 Å². The quantitative estimate of drug-likeness (QED) is 0.229. The lowest BCUT2D eigenvalue weighted by Gasteiger charge is -2.33. The largest absolute Gasteiger partial charge is 0.493 e. The van der Waals surface area contributed by atoms with Gasteiger partial charge >= 0.3 is 0 Å². The van der Waals surface area contributed by atoms with E-state index in [0.29, 0.717) is 10.8 Å². The lowest BCUT2D eigenvalue weighted by molar-refractivity contribution is -0.134. The second-order valence-electron chi connectivity index (χ2n) is 9.64. The average molecular weight is 611 g/mol. The number of hydrogen-bond donors (Lipinski definition) is 3. The molecule has 0 aliphatic rings. The van der Waals surface area contributed by atoms with Crippen molar-refractivity contribution in [2.24, 2.45) is 5.73 Å². The van der Waals surface area contributed by atoms with Gasteiger partial charge in [-0.2, -0.15) is 0 Å². The molecule has 4 rings (SSSR count). The van der Waals surface area contributed by atoms with Crippen LogP contribution in [0.2, 0.25) is 0 Å². The third-order valence-electron chi connectivity index (χ3n) is 6.90. The summed E-state index contributed by atoms with van der Waals surface area (Å²) in [5, 5.41) is 3.81. The molecule has 0 fully saturated rings. The van der Waals surface area contributed by atoms with Gasteiger partial charge in [0, 0.05) is 42.2 Å². The van der Waals surface area contributed by atoms with Gasteiger partial charge in [-0.25, -0.2) is 17.8 Å². The molecule has 0 aliphatic heterocycles. The smallest absolute Gasteiger partial charge is 0.266 e. The number of aromatic nitrogens is 1. The third kappa shape index (κ3) is 6.16. The van der Waals surface area contributed by atoms with Crippen molar-refractivity contribution in [1.82, 2.24) is 4.98 Å². The van der Waals surface area contributed by atoms with Crippen LogP contribution >= 0.6 is 0 Å². The van der Waals surface area contributed by atoms with Crippen LogP contribution < -0.4 is 31.0 Å². The molecule has 1 aromatic heterocycles. The van der Waals surface area contributed by atoms with Crippen LogP contribution in [0.3, 0.4) is 0 Å². The van der Waals surface area contributed by atoms with Crippen molar-refractivity contribution in [1.29, 1.82) is 0 Å². The molecule has 3 aromatic carbocycles. The summed E-state index contributed by atoms with van der Waals surface area (Å²) in [5.74, 6) is -2.26. The van der Waals surface area contributed by atoms with E-state index in [0.717, 1.165) is 6.07 Å². The number of ether oxygens (including phenoxy) is 3. The predicted molar refractivity (Wildman–Crippen MR) is 159 cm³/mol. The minimum atomic E-state index is -3.87. The summed E-state index contributed by atoms with van der Waals surface area (Å²) in [5.41, 5.74) is 9.64. The average Bonchev–Trinajstić information content (AvgIpc) is 2.96. The van der Waals surface area contributed by atoms with Crippen LogP contribution in [0.4, 0.5) is 15.9 Å². The SMILES string of the molecule is CCS(=O)(=O)c1ccc(NC(C)=O)cc1CC(Oc1ccc2c(N)nccc2c1)(C(N)=O)c1cc(OC)c(OC)cc1F. The molecule has 0 radical (unpaired) electrons. The highest BCUT2D eigenvalue weighted by Crippen LogP contribution is 2.41. The van der Waals surface area contributed by atoms with Gasteiger partial charge < -0.3 is 31.0 Å². The van der Waals surface area contributed by atoms with Gasteiger partial charge in [-0.05, 0) is 59.5 Å². The fourth-order valence-electron chi connectivity index (χ4n) is 4.79. The molecular weight excluding hydrogens is 579 g/mol. The van der Waals surface area contributed by atoms with Crippen molar-refractivity contribution in [2.45, 2.75) is 30.8 Å². The molecule has 0 saturated carbocycles. The van der Waals surface area contributed by atoms with E-state index >= 15 is 4.39 Å². The van der Waals surface area contributed by atoms with Gasteiger partial charge in [-0.1, -0.05) is 6.92 Å². The molecule has 0 spiro atoms. The lowest BCUT2D eigenvalue weighted by Crippen LogP contribution is -2.49. The Morgan fingerprint density at radius 1 is 1.02 bits per heavy atom. The van der Waals surface area contributed by atoms with Crippen LogP contribution in [0.5, 0.6) is 17.2 Å². The second kappa shape index (κ2) is 12.1. The Kier molecular flexibility index (Phi) is 8.76. The highest BCUT2D eigenvalue weighted by molar-refractivity contribution is 7.91. The standard InChI is InChI=1S/C30H31FN4O7S/c1-5-43(38,39)27-9-6-20(35-17(2)36)12-19(27)16-30(29(33)37,23-14-25(40-3)26(41-4)15-24(23)31)42-21-7-8-22-18(13-21)10-11-34-28(22)32/h6-15H,5,16H2,1-4H3,(H2,32,34)(H2,33,37)(H,35,36). The Hall–Kier alpha value is -4.91. The first-order chi connectivity index (χ1) is 20.3. The first kappa shape index (κ1) is 31.0. The van der Waals surface area contributed by atoms with E-state index in [1.807, 2.05) is 0 Å². The first-order valence-electron chi connectivity index (χ1n) is 13.0. The molecule has 0 saturated heterocycles. The normalized spacial score (nSPS) is 12.8. The van der Waals surface area contributed by atoms with Crippen molar-refractivity contribution < 1.29 is 36.6 Å². The van der Waals surface area contributed by atoms with E-state index in [4.69, 9.17) is 25.7 Å². The third-order valence-corrected chi connectivity index (χ3v) is 8.73. The number of methoxy groups -OCH3 is 2. The van der Waals surface area contributed by atoms with Crippen LogP contribution in [0.15, 0.2) is 65.7 Å². The van der Waals surface area contributed by atoms with Gasteiger partial charge in [0.25, 0.3) is 5.91 Å². The number of rotatable bonds is 11. The van der Waals surface area contributed by atoms with E-state index in [1.165, 1.54) is 64.6 Å². The number of nitrogens with two attached hydrogens (primary N) is 2. The van der Waals surface area contributed by atoms with E-state index in [-0.39, 0.29) is 50.5 Å². The summed E-state index contributed by atoms with van der Waals surface area (Å²) in [4.78, 5) is 29.3. The van der Waals surface area contributed by atoms with Gasteiger partial charge in [0.05, 0.1) is 24.9 Å². The van der Waals surface area contributed by atoms with Gasteiger partial charge in [-0.3, -0.25) is 9.59 Å². The molecule has 4 aromatic rings. The summed E-state index contributed by atoms with van der Waals surface area (Å²) in [7, 11) is -1.22. The zero-order valence-electron chi connectivity index (χ0n) is 23.9. The number of amides is 2. The predicted octanol–water partition coefficient (Wildman–Crippen LogP) is 3.73. The Bertz CT molecular complexity index is 1830. The van der Waals surface area contributed by atoms with Crippen molar-refractivity contribution in [3.63, 3.8) is 0 Å². The minimum absolute atomic E-state index is 0.0395. The highest BCUT2D eigenvalue weighted by Gasteiger charge is 2.46. The fraction of sp³-hybridized carbons (Fsp3) is 0.233. The van der Waals surface area contributed by atoms with Crippen LogP contribution in [-0.2, 0) is 31.4 Å². The number of sulfone groups is 1. The number of carbonyl (C=O) groups excluding carboxylic acids is 2. The van der Waals surface area contributed by atoms with Crippen LogP contribution in [0.25, 0.3) is 10.8 Å². The zero-order chi connectivity index (χ0) is 31.5. The number of fused-ring (bicyclic) bond motifs is 1. The molecule has 1 atom stereocenters. The number of hydrogen-bond acceptors (Lipinski definition) is 9. The number of halogens is 1. The summed E-state index contributed by atoms with van der Waals surface area (Å²) in [6.45, 7) is 2.75. The monoisotopic (exact) mass is 610 g/mol.